The maximum atomic E-state index is 13.0. The zero-order valence-electron chi connectivity index (χ0n) is 20.5. The van der Waals surface area contributed by atoms with Crippen LogP contribution in [-0.4, -0.2) is 58.0 Å². The molecule has 0 fully saturated rings. The average Bonchev–Trinajstić information content (AvgIpc) is 3.29. The van der Waals surface area contributed by atoms with Crippen LogP contribution in [0.5, 0.6) is 28.7 Å². The van der Waals surface area contributed by atoms with Gasteiger partial charge in [-0.3, -0.25) is 9.59 Å². The summed E-state index contributed by atoms with van der Waals surface area (Å²) in [7, 11) is 2.25. The van der Waals surface area contributed by atoms with E-state index in [0.29, 0.717) is 0 Å². The topological polar surface area (TPSA) is 199 Å². The molecule has 40 heavy (non-hydrogen) atoms. The van der Waals surface area contributed by atoms with Gasteiger partial charge in [0.25, 0.3) is 5.79 Å². The van der Waals surface area contributed by atoms with Crippen molar-refractivity contribution in [1.82, 2.24) is 0 Å². The number of rotatable bonds is 2. The van der Waals surface area contributed by atoms with E-state index in [0.717, 1.165) is 20.3 Å². The number of ether oxygens (including phenoxy) is 4. The van der Waals surface area contributed by atoms with Gasteiger partial charge in [0.2, 0.25) is 17.3 Å². The molecular formula is C26H17BrO13. The molecule has 1 spiro atoms. The lowest BCUT2D eigenvalue weighted by molar-refractivity contribution is -0.139. The Hall–Kier alpha value is -4.56. The summed E-state index contributed by atoms with van der Waals surface area (Å²) in [6.45, 7) is 0. The van der Waals surface area contributed by atoms with Gasteiger partial charge in [-0.15, -0.1) is 0 Å². The van der Waals surface area contributed by atoms with Gasteiger partial charge in [-0.05, 0) is 33.4 Å². The van der Waals surface area contributed by atoms with Crippen molar-refractivity contribution < 1.29 is 58.2 Å². The Labute approximate surface area is 230 Å². The highest BCUT2D eigenvalue weighted by atomic mass is 79.9. The van der Waals surface area contributed by atoms with Crippen LogP contribution in [0.1, 0.15) is 54.9 Å². The van der Waals surface area contributed by atoms with Gasteiger partial charge in [0.15, 0.2) is 28.8 Å². The highest BCUT2D eigenvalue weighted by molar-refractivity contribution is 9.12. The van der Waals surface area contributed by atoms with Crippen molar-refractivity contribution in [3.8, 4) is 28.7 Å². The van der Waals surface area contributed by atoms with E-state index in [2.05, 4.69) is 20.7 Å². The van der Waals surface area contributed by atoms with E-state index in [9.17, 15) is 39.6 Å². The summed E-state index contributed by atoms with van der Waals surface area (Å²) < 4.78 is 26.1. The Bertz CT molecular complexity index is 1820. The van der Waals surface area contributed by atoms with Crippen LogP contribution in [0.25, 0.3) is 10.8 Å². The minimum absolute atomic E-state index is 0.0487. The molecule has 2 aliphatic heterocycles. The molecule has 1 aromatic heterocycles. The first-order valence-electron chi connectivity index (χ1n) is 11.5. The van der Waals surface area contributed by atoms with Crippen LogP contribution in [0.15, 0.2) is 31.6 Å². The summed E-state index contributed by atoms with van der Waals surface area (Å²) in [6.07, 6.45) is -2.01. The van der Waals surface area contributed by atoms with Gasteiger partial charge in [-0.25, -0.2) is 9.59 Å². The first-order chi connectivity index (χ1) is 18.9. The summed E-state index contributed by atoms with van der Waals surface area (Å²) in [5.74, 6) is -8.12. The van der Waals surface area contributed by atoms with Gasteiger partial charge >= 0.3 is 11.6 Å². The van der Waals surface area contributed by atoms with Gasteiger partial charge in [0.1, 0.15) is 15.6 Å². The molecule has 4 N–H and O–H groups in total. The number of carbonyl (C=O) groups excluding carboxylic acids is 3. The molecule has 0 radical (unpaired) electrons. The van der Waals surface area contributed by atoms with Gasteiger partial charge in [-0.1, -0.05) is 0 Å². The van der Waals surface area contributed by atoms with Gasteiger partial charge in [0, 0.05) is 11.1 Å². The van der Waals surface area contributed by atoms with Crippen LogP contribution in [0, 0.1) is 0 Å². The SMILES string of the molecule is COC(=O)c1cc2cc3c(c(O)c2c(=O)o1)OC1(Cc2c(O)c4c(c(O)c2O1)C(=O)C(OC)=C(Br)C4=O)CC3O. The third-order valence-corrected chi connectivity index (χ3v) is 7.76. The number of carbonyl (C=O) groups is 3. The predicted octanol–water partition coefficient (Wildman–Crippen LogP) is 2.48. The quantitative estimate of drug-likeness (QED) is 0.242. The molecule has 3 aliphatic rings. The first kappa shape index (κ1) is 25.7. The van der Waals surface area contributed by atoms with Crippen molar-refractivity contribution in [3.63, 3.8) is 0 Å². The Morgan fingerprint density at radius 2 is 1.68 bits per heavy atom. The number of aromatic hydroxyl groups is 3. The number of hydrogen-bond acceptors (Lipinski definition) is 13. The zero-order chi connectivity index (χ0) is 28.8. The number of Topliss-reactive ketones (excluding diaryl/α,β-unsaturated/α-hetero) is 2. The third kappa shape index (κ3) is 3.29. The number of aliphatic hydroxyl groups excluding tert-OH is 1. The minimum atomic E-state index is -1.84. The van der Waals surface area contributed by atoms with Crippen molar-refractivity contribution in [1.29, 1.82) is 0 Å². The van der Waals surface area contributed by atoms with Crippen molar-refractivity contribution >= 4 is 44.2 Å². The fraction of sp³-hybridized carbons (Fsp3) is 0.231. The molecule has 13 nitrogen and oxygen atoms in total. The summed E-state index contributed by atoms with van der Waals surface area (Å²) in [5, 5.41) is 43.8. The maximum absolute atomic E-state index is 13.0. The molecule has 2 aromatic carbocycles. The van der Waals surface area contributed by atoms with Crippen molar-refractivity contribution in [2.24, 2.45) is 0 Å². The number of phenols is 3. The molecule has 0 saturated carbocycles. The number of ketones is 2. The van der Waals surface area contributed by atoms with Gasteiger partial charge in [-0.2, -0.15) is 0 Å². The summed E-state index contributed by atoms with van der Waals surface area (Å²) in [5.41, 5.74) is -2.13. The maximum Gasteiger partial charge on any atom is 0.374 e. The Balaban J connectivity index is 1.47. The van der Waals surface area contributed by atoms with Crippen LogP contribution in [0.2, 0.25) is 0 Å². The van der Waals surface area contributed by atoms with Crippen molar-refractivity contribution in [2.75, 3.05) is 14.2 Å². The average molecular weight is 617 g/mol. The molecular weight excluding hydrogens is 600 g/mol. The monoisotopic (exact) mass is 616 g/mol. The molecule has 1 aliphatic carbocycles. The van der Waals surface area contributed by atoms with E-state index in [1.807, 2.05) is 0 Å². The van der Waals surface area contributed by atoms with Gasteiger partial charge in [0.05, 0.1) is 44.3 Å². The molecule has 2 atom stereocenters. The molecule has 3 heterocycles. The molecule has 3 aromatic rings. The third-order valence-electron chi connectivity index (χ3n) is 7.04. The molecule has 2 unspecified atom stereocenters. The lowest BCUT2D eigenvalue weighted by atomic mass is 9.87. The number of halogens is 1. The second-order valence-corrected chi connectivity index (χ2v) is 10.1. The Morgan fingerprint density at radius 3 is 2.35 bits per heavy atom. The van der Waals surface area contributed by atoms with E-state index in [-0.39, 0.29) is 56.5 Å². The number of phenolic OH excluding ortho intramolecular Hbond substituents is 3. The van der Waals surface area contributed by atoms with E-state index in [1.165, 1.54) is 6.07 Å². The van der Waals surface area contributed by atoms with Crippen LogP contribution in [0.3, 0.4) is 0 Å². The smallest absolute Gasteiger partial charge is 0.374 e. The second kappa shape index (κ2) is 8.47. The largest absolute Gasteiger partial charge is 0.507 e. The summed E-state index contributed by atoms with van der Waals surface area (Å²) in [4.78, 5) is 50.4. The van der Waals surface area contributed by atoms with Crippen LogP contribution in [-0.2, 0) is 15.9 Å². The number of fused-ring (bicyclic) bond motifs is 4. The molecule has 14 heteroatoms. The molecule has 0 amide bonds. The number of esters is 1. The molecule has 0 saturated heterocycles. The van der Waals surface area contributed by atoms with E-state index in [1.54, 1.807) is 0 Å². The zero-order valence-corrected chi connectivity index (χ0v) is 22.1. The molecule has 206 valence electrons. The molecule has 0 bridgehead atoms. The Morgan fingerprint density at radius 1 is 1.00 bits per heavy atom. The van der Waals surface area contributed by atoms with Crippen LogP contribution in [0.4, 0.5) is 0 Å². The summed E-state index contributed by atoms with van der Waals surface area (Å²) >= 11 is 2.99. The van der Waals surface area contributed by atoms with E-state index < -0.39 is 69.2 Å². The number of methoxy groups -OCH3 is 2. The van der Waals surface area contributed by atoms with E-state index >= 15 is 0 Å². The van der Waals surface area contributed by atoms with Crippen LogP contribution >= 0.6 is 15.9 Å². The lowest BCUT2D eigenvalue weighted by Crippen LogP contribution is -2.45. The minimum Gasteiger partial charge on any atom is -0.507 e. The van der Waals surface area contributed by atoms with Crippen LogP contribution < -0.4 is 15.1 Å². The van der Waals surface area contributed by atoms with Gasteiger partial charge < -0.3 is 43.8 Å². The number of allylic oxidation sites excluding steroid dienone is 2. The standard InChI is InChI=1S/C26H17BrO13/c1-36-23-15(27)17(30)13-14(20(23)33)19(32)22-9(16(13)29)5-26(40-22)6-10(28)8-3-7-4-11(24(34)37-2)38-25(35)12(7)18(31)21(8)39-26/h3-4,10,28-29,31-32H,5-6H2,1-2H3. The predicted molar refractivity (Wildman–Crippen MR) is 134 cm³/mol. The number of hydrogen-bond donors (Lipinski definition) is 4. The van der Waals surface area contributed by atoms with E-state index in [4.69, 9.17) is 18.6 Å². The highest BCUT2D eigenvalue weighted by Gasteiger charge is 2.53. The number of benzene rings is 2. The lowest BCUT2D eigenvalue weighted by Gasteiger charge is -2.37. The fourth-order valence-corrected chi connectivity index (χ4v) is 5.81. The number of aliphatic hydroxyl groups is 1. The Kier molecular flexibility index (Phi) is 5.44. The fourth-order valence-electron chi connectivity index (χ4n) is 5.27. The highest BCUT2D eigenvalue weighted by Crippen LogP contribution is 2.57. The summed E-state index contributed by atoms with van der Waals surface area (Å²) in [6, 6.07) is 2.49. The van der Waals surface area contributed by atoms with Crippen molar-refractivity contribution in [2.45, 2.75) is 24.7 Å². The first-order valence-corrected chi connectivity index (χ1v) is 12.3. The molecule has 6 rings (SSSR count). The van der Waals surface area contributed by atoms with Crippen molar-refractivity contribution in [3.05, 3.63) is 60.8 Å². The normalized spacial score (nSPS) is 21.1. The second-order valence-electron chi connectivity index (χ2n) is 9.27.